The average Bonchev–Trinajstić information content (AvgIpc) is 3.08. The summed E-state index contributed by atoms with van der Waals surface area (Å²) in [6.45, 7) is 0.487. The van der Waals surface area contributed by atoms with E-state index in [1.54, 1.807) is 21.3 Å². The van der Waals surface area contributed by atoms with E-state index < -0.39 is 0 Å². The second-order valence-corrected chi connectivity index (χ2v) is 8.37. The van der Waals surface area contributed by atoms with Gasteiger partial charge in [0.05, 0.1) is 36.8 Å². The monoisotopic (exact) mass is 494 g/mol. The van der Waals surface area contributed by atoms with Gasteiger partial charge in [-0.1, -0.05) is 41.9 Å². The van der Waals surface area contributed by atoms with Crippen LogP contribution in [0.25, 0.3) is 5.69 Å². The number of nitrogens with one attached hydrogen (secondary N) is 1. The molecule has 4 rings (SSSR count). The van der Waals surface area contributed by atoms with Crippen LogP contribution in [0.1, 0.15) is 11.3 Å². The van der Waals surface area contributed by atoms with Gasteiger partial charge in [-0.15, -0.1) is 0 Å². The predicted octanol–water partition coefficient (Wildman–Crippen LogP) is 5.19. The van der Waals surface area contributed by atoms with Crippen molar-refractivity contribution in [1.29, 1.82) is 0 Å². The molecule has 0 saturated heterocycles. The molecule has 0 atom stereocenters. The molecule has 0 saturated carbocycles. The number of methoxy groups -OCH3 is 1. The SMILES string of the molecule is COc1ccc(NC(=O)Cc2c(O)n(-c3ccccc3)c(=S)n2CCc2ccc(Cl)cc2)cn1. The highest BCUT2D eigenvalue weighted by molar-refractivity contribution is 7.71. The van der Waals surface area contributed by atoms with Gasteiger partial charge in [0.15, 0.2) is 4.77 Å². The number of halogens is 1. The van der Waals surface area contributed by atoms with Crippen molar-refractivity contribution < 1.29 is 14.6 Å². The van der Waals surface area contributed by atoms with E-state index in [2.05, 4.69) is 10.3 Å². The van der Waals surface area contributed by atoms with E-state index in [1.165, 1.54) is 13.3 Å². The van der Waals surface area contributed by atoms with Crippen LogP contribution in [0.5, 0.6) is 11.8 Å². The Morgan fingerprint density at radius 1 is 1.12 bits per heavy atom. The molecule has 0 radical (unpaired) electrons. The second kappa shape index (κ2) is 10.5. The minimum Gasteiger partial charge on any atom is -0.493 e. The number of nitrogens with zero attached hydrogens (tertiary/aromatic N) is 3. The summed E-state index contributed by atoms with van der Waals surface area (Å²) in [6, 6.07) is 20.2. The first-order valence-electron chi connectivity index (χ1n) is 10.6. The number of imidazole rings is 1. The van der Waals surface area contributed by atoms with Crippen LogP contribution in [0.4, 0.5) is 5.69 Å². The van der Waals surface area contributed by atoms with Crippen LogP contribution in [-0.4, -0.2) is 32.2 Å². The smallest absolute Gasteiger partial charge is 0.230 e. The van der Waals surface area contributed by atoms with E-state index >= 15 is 0 Å². The summed E-state index contributed by atoms with van der Waals surface area (Å²) in [7, 11) is 1.52. The normalized spacial score (nSPS) is 10.8. The van der Waals surface area contributed by atoms with E-state index in [0.29, 0.717) is 40.0 Å². The summed E-state index contributed by atoms with van der Waals surface area (Å²) in [6.07, 6.45) is 2.10. The zero-order chi connectivity index (χ0) is 24.1. The number of aryl methyl sites for hydroxylation is 1. The number of benzene rings is 2. The number of amides is 1. The van der Waals surface area contributed by atoms with Gasteiger partial charge in [-0.05, 0) is 54.5 Å². The van der Waals surface area contributed by atoms with E-state index in [0.717, 1.165) is 11.3 Å². The first-order valence-corrected chi connectivity index (χ1v) is 11.4. The first kappa shape index (κ1) is 23.5. The third-order valence-electron chi connectivity index (χ3n) is 5.33. The van der Waals surface area contributed by atoms with Crippen molar-refractivity contribution in [2.45, 2.75) is 19.4 Å². The Hall–Kier alpha value is -3.62. The molecule has 2 N–H and O–H groups in total. The van der Waals surface area contributed by atoms with Crippen molar-refractivity contribution in [3.05, 3.63) is 94.0 Å². The maximum Gasteiger partial charge on any atom is 0.230 e. The molecule has 2 aromatic heterocycles. The molecule has 34 heavy (non-hydrogen) atoms. The van der Waals surface area contributed by atoms with Gasteiger partial charge in [-0.3, -0.25) is 9.36 Å². The molecule has 1 amide bonds. The highest BCUT2D eigenvalue weighted by atomic mass is 35.5. The number of para-hydroxylation sites is 1. The van der Waals surface area contributed by atoms with Gasteiger partial charge in [-0.2, -0.15) is 0 Å². The lowest BCUT2D eigenvalue weighted by Gasteiger charge is -2.10. The lowest BCUT2D eigenvalue weighted by molar-refractivity contribution is -0.115. The lowest BCUT2D eigenvalue weighted by atomic mass is 10.1. The van der Waals surface area contributed by atoms with Crippen LogP contribution < -0.4 is 10.1 Å². The number of rotatable bonds is 8. The maximum atomic E-state index is 12.9. The fourth-order valence-corrected chi connectivity index (χ4v) is 4.13. The van der Waals surface area contributed by atoms with Gasteiger partial charge in [0.2, 0.25) is 17.7 Å². The van der Waals surface area contributed by atoms with Gasteiger partial charge in [0.1, 0.15) is 0 Å². The van der Waals surface area contributed by atoms with Crippen LogP contribution in [0.15, 0.2) is 72.9 Å². The van der Waals surface area contributed by atoms with Crippen LogP contribution >= 0.6 is 23.8 Å². The topological polar surface area (TPSA) is 81.3 Å². The Labute approximate surface area is 207 Å². The maximum absolute atomic E-state index is 12.9. The van der Waals surface area contributed by atoms with Crippen LogP contribution in [0.3, 0.4) is 0 Å². The third-order valence-corrected chi connectivity index (χ3v) is 5.98. The Bertz CT molecular complexity index is 1330. The molecule has 174 valence electrons. The molecular formula is C25H23ClN4O3S. The molecule has 0 aliphatic heterocycles. The van der Waals surface area contributed by atoms with E-state index in [9.17, 15) is 9.90 Å². The zero-order valence-electron chi connectivity index (χ0n) is 18.4. The second-order valence-electron chi connectivity index (χ2n) is 7.57. The average molecular weight is 495 g/mol. The molecule has 0 aliphatic carbocycles. The fraction of sp³-hybridized carbons (Fsp3) is 0.160. The minimum absolute atomic E-state index is 0.0599. The largest absolute Gasteiger partial charge is 0.493 e. The Morgan fingerprint density at radius 3 is 2.50 bits per heavy atom. The van der Waals surface area contributed by atoms with Gasteiger partial charge in [0.25, 0.3) is 0 Å². The summed E-state index contributed by atoms with van der Waals surface area (Å²) < 4.78 is 8.84. The fourth-order valence-electron chi connectivity index (χ4n) is 3.62. The Kier molecular flexibility index (Phi) is 7.30. The van der Waals surface area contributed by atoms with E-state index in [-0.39, 0.29) is 18.2 Å². The number of hydrogen-bond acceptors (Lipinski definition) is 5. The summed E-state index contributed by atoms with van der Waals surface area (Å²) >= 11 is 11.7. The number of carbonyl (C=O) groups is 1. The van der Waals surface area contributed by atoms with Crippen molar-refractivity contribution in [3.63, 3.8) is 0 Å². The molecule has 2 heterocycles. The number of carbonyl (C=O) groups excluding carboxylic acids is 1. The lowest BCUT2D eigenvalue weighted by Crippen LogP contribution is -2.17. The van der Waals surface area contributed by atoms with E-state index in [4.69, 9.17) is 28.6 Å². The molecule has 0 spiro atoms. The predicted molar refractivity (Wildman–Crippen MR) is 135 cm³/mol. The standard InChI is InChI=1S/C25H23ClN4O3S/c1-33-23-12-11-19(16-27-23)28-22(31)15-21-24(32)30(20-5-3-2-4-6-20)25(34)29(21)14-13-17-7-9-18(26)10-8-17/h2-12,16,32H,13-15H2,1H3,(H,28,31). The zero-order valence-corrected chi connectivity index (χ0v) is 20.0. The number of ether oxygens (including phenoxy) is 1. The quantitative estimate of drug-likeness (QED) is 0.329. The molecular weight excluding hydrogens is 472 g/mol. The van der Waals surface area contributed by atoms with Crippen molar-refractivity contribution in [2.75, 3.05) is 12.4 Å². The highest BCUT2D eigenvalue weighted by Crippen LogP contribution is 2.27. The number of anilines is 1. The molecule has 0 bridgehead atoms. The van der Waals surface area contributed by atoms with Gasteiger partial charge in [0, 0.05) is 17.6 Å². The molecule has 4 aromatic rings. The van der Waals surface area contributed by atoms with Crippen molar-refractivity contribution in [2.24, 2.45) is 0 Å². The van der Waals surface area contributed by atoms with Gasteiger partial charge < -0.3 is 19.7 Å². The molecule has 0 unspecified atom stereocenters. The molecule has 9 heteroatoms. The molecule has 0 fully saturated rings. The summed E-state index contributed by atoms with van der Waals surface area (Å²) in [5, 5.41) is 14.6. The van der Waals surface area contributed by atoms with Crippen molar-refractivity contribution in [3.8, 4) is 17.4 Å². The summed E-state index contributed by atoms with van der Waals surface area (Å²) in [4.78, 5) is 17.0. The molecule has 0 aliphatic rings. The highest BCUT2D eigenvalue weighted by Gasteiger charge is 2.21. The number of aromatic nitrogens is 3. The number of hydrogen-bond donors (Lipinski definition) is 2. The van der Waals surface area contributed by atoms with Crippen LogP contribution in [0.2, 0.25) is 5.02 Å². The van der Waals surface area contributed by atoms with Crippen molar-refractivity contribution >= 4 is 35.4 Å². The van der Waals surface area contributed by atoms with Gasteiger partial charge in [-0.25, -0.2) is 4.98 Å². The first-order chi connectivity index (χ1) is 16.5. The number of aromatic hydroxyl groups is 1. The Morgan fingerprint density at radius 2 is 1.85 bits per heavy atom. The molecule has 2 aromatic carbocycles. The molecule has 7 nitrogen and oxygen atoms in total. The third kappa shape index (κ3) is 5.30. The van der Waals surface area contributed by atoms with Crippen LogP contribution in [0, 0.1) is 4.77 Å². The van der Waals surface area contributed by atoms with Crippen LogP contribution in [-0.2, 0) is 24.2 Å². The van der Waals surface area contributed by atoms with Gasteiger partial charge >= 0.3 is 0 Å². The number of pyridine rings is 1. The summed E-state index contributed by atoms with van der Waals surface area (Å²) in [5.74, 6) is 0.0874. The Balaban J connectivity index is 1.63. The van der Waals surface area contributed by atoms with Crippen molar-refractivity contribution in [1.82, 2.24) is 14.1 Å². The summed E-state index contributed by atoms with van der Waals surface area (Å²) in [5.41, 5.74) is 2.75. The van der Waals surface area contributed by atoms with E-state index in [1.807, 2.05) is 54.6 Å². The minimum atomic E-state index is -0.303.